The van der Waals surface area contributed by atoms with E-state index in [1.54, 1.807) is 0 Å². The van der Waals surface area contributed by atoms with Gasteiger partial charge in [-0.1, -0.05) is 343 Å². The van der Waals surface area contributed by atoms with Crippen molar-refractivity contribution >= 4 is 39.5 Å². The van der Waals surface area contributed by atoms with Crippen LogP contribution in [0.15, 0.2) is 0 Å². The first-order valence-corrected chi connectivity index (χ1v) is 42.5. The van der Waals surface area contributed by atoms with Gasteiger partial charge in [-0.05, 0) is 37.5 Å². The van der Waals surface area contributed by atoms with E-state index < -0.39 is 97.5 Å². The zero-order valence-corrected chi connectivity index (χ0v) is 63.8. The molecule has 95 heavy (non-hydrogen) atoms. The molecule has 0 saturated heterocycles. The van der Waals surface area contributed by atoms with Crippen molar-refractivity contribution in [1.29, 1.82) is 0 Å². The number of unbranched alkanes of at least 4 members (excludes halogenated alkanes) is 45. The van der Waals surface area contributed by atoms with Crippen LogP contribution in [0, 0.1) is 11.8 Å². The highest BCUT2D eigenvalue weighted by atomic mass is 31.2. The van der Waals surface area contributed by atoms with Crippen LogP contribution in [0.2, 0.25) is 0 Å². The Morgan fingerprint density at radius 3 is 0.716 bits per heavy atom. The average Bonchev–Trinajstić information content (AvgIpc) is 1.46. The van der Waals surface area contributed by atoms with Crippen LogP contribution in [0.3, 0.4) is 0 Å². The molecule has 2 unspecified atom stereocenters. The summed E-state index contributed by atoms with van der Waals surface area (Å²) in [6, 6.07) is 0. The van der Waals surface area contributed by atoms with Crippen molar-refractivity contribution in [2.75, 3.05) is 39.6 Å². The van der Waals surface area contributed by atoms with Crippen LogP contribution >= 0.6 is 15.6 Å². The molecule has 0 aromatic carbocycles. The van der Waals surface area contributed by atoms with E-state index in [1.165, 1.54) is 205 Å². The van der Waals surface area contributed by atoms with Gasteiger partial charge in [0.05, 0.1) is 26.4 Å². The molecular weight excluding hydrogens is 1250 g/mol. The summed E-state index contributed by atoms with van der Waals surface area (Å²) in [5.41, 5.74) is 0. The second kappa shape index (κ2) is 67.9. The lowest BCUT2D eigenvalue weighted by atomic mass is 10.0. The van der Waals surface area contributed by atoms with Gasteiger partial charge in [0.25, 0.3) is 0 Å². The first kappa shape index (κ1) is 93.1. The van der Waals surface area contributed by atoms with Crippen molar-refractivity contribution in [1.82, 2.24) is 0 Å². The van der Waals surface area contributed by atoms with Crippen LogP contribution in [0.5, 0.6) is 0 Å². The molecule has 0 aliphatic rings. The fourth-order valence-corrected chi connectivity index (χ4v) is 13.2. The molecule has 17 nitrogen and oxygen atoms in total. The minimum absolute atomic E-state index is 0.107. The van der Waals surface area contributed by atoms with Crippen LogP contribution in [0.25, 0.3) is 0 Å². The monoisotopic (exact) mass is 1400 g/mol. The van der Waals surface area contributed by atoms with E-state index in [0.29, 0.717) is 31.6 Å². The molecule has 0 spiro atoms. The molecular formula is C76H148O17P2. The van der Waals surface area contributed by atoms with Crippen molar-refractivity contribution in [2.45, 2.75) is 413 Å². The Morgan fingerprint density at radius 2 is 0.484 bits per heavy atom. The minimum Gasteiger partial charge on any atom is -0.462 e. The summed E-state index contributed by atoms with van der Waals surface area (Å²) in [7, 11) is -9.91. The van der Waals surface area contributed by atoms with Gasteiger partial charge in [0.2, 0.25) is 0 Å². The van der Waals surface area contributed by atoms with Crippen LogP contribution in [0.4, 0.5) is 0 Å². The number of rotatable bonds is 75. The SMILES string of the molecule is CCCCCCCCCCCCCCCCCC(=O)OC[C@H](COP(=O)(O)OC[C@@H](O)COP(=O)(O)OC[C@@H](COC(=O)CCCCCCCCCC(C)C)OC(=O)CCCCCCCCCCCCCC)OC(=O)CCCCCCCCCCCCCCCCCC(C)C. The zero-order chi connectivity index (χ0) is 70.0. The first-order chi connectivity index (χ1) is 45.9. The van der Waals surface area contributed by atoms with Crippen molar-refractivity contribution in [3.63, 3.8) is 0 Å². The summed E-state index contributed by atoms with van der Waals surface area (Å²) in [6.45, 7) is 9.57. The molecule has 0 heterocycles. The third kappa shape index (κ3) is 70.3. The highest BCUT2D eigenvalue weighted by molar-refractivity contribution is 7.47. The molecule has 0 fully saturated rings. The number of hydrogen-bond donors (Lipinski definition) is 3. The van der Waals surface area contributed by atoms with Crippen LogP contribution in [0.1, 0.15) is 395 Å². The van der Waals surface area contributed by atoms with Gasteiger partial charge < -0.3 is 33.8 Å². The van der Waals surface area contributed by atoms with E-state index >= 15 is 0 Å². The Labute approximate surface area is 581 Å². The molecule has 3 N–H and O–H groups in total. The Kier molecular flexibility index (Phi) is 66.5. The van der Waals surface area contributed by atoms with E-state index in [2.05, 4.69) is 41.5 Å². The van der Waals surface area contributed by atoms with Gasteiger partial charge in [0.15, 0.2) is 12.2 Å². The molecule has 0 aromatic heterocycles. The third-order valence-electron chi connectivity index (χ3n) is 17.7. The quantitative estimate of drug-likeness (QED) is 0.0222. The smallest absolute Gasteiger partial charge is 0.462 e. The number of aliphatic hydroxyl groups excluding tert-OH is 1. The number of hydrogen-bond acceptors (Lipinski definition) is 15. The number of carbonyl (C=O) groups is 4. The van der Waals surface area contributed by atoms with E-state index in [-0.39, 0.29) is 25.7 Å². The van der Waals surface area contributed by atoms with Gasteiger partial charge in [-0.25, -0.2) is 9.13 Å². The lowest BCUT2D eigenvalue weighted by Gasteiger charge is -2.21. The summed E-state index contributed by atoms with van der Waals surface area (Å²) in [5, 5.41) is 10.6. The predicted molar refractivity (Wildman–Crippen MR) is 386 cm³/mol. The van der Waals surface area contributed by atoms with E-state index in [9.17, 15) is 43.2 Å². The molecule has 0 aliphatic heterocycles. The lowest BCUT2D eigenvalue weighted by Crippen LogP contribution is -2.30. The largest absolute Gasteiger partial charge is 0.472 e. The molecule has 0 saturated carbocycles. The molecule has 5 atom stereocenters. The number of aliphatic hydroxyl groups is 1. The van der Waals surface area contributed by atoms with Gasteiger partial charge in [-0.3, -0.25) is 37.3 Å². The second-order valence-electron chi connectivity index (χ2n) is 28.3. The summed E-state index contributed by atoms with van der Waals surface area (Å²) < 4.78 is 68.5. The number of phosphoric ester groups is 2. The van der Waals surface area contributed by atoms with Gasteiger partial charge in [0, 0.05) is 25.7 Å². The number of carbonyl (C=O) groups excluding carboxylic acids is 4. The molecule has 0 aliphatic carbocycles. The van der Waals surface area contributed by atoms with Crippen molar-refractivity contribution in [3.8, 4) is 0 Å². The minimum atomic E-state index is -4.96. The van der Waals surface area contributed by atoms with Crippen LogP contribution in [-0.2, 0) is 65.4 Å². The molecule has 0 bridgehead atoms. The predicted octanol–water partition coefficient (Wildman–Crippen LogP) is 22.3. The van der Waals surface area contributed by atoms with Crippen molar-refractivity contribution in [2.24, 2.45) is 11.8 Å². The standard InChI is InChI=1S/C76H148O17P2/c1-7-9-11-13-15-17-19-21-23-27-31-34-40-46-52-58-73(78)86-64-71(92-76(81)61-55-49-42-36-32-28-25-22-24-26-29-33-38-44-50-56-68(3)4)66-90-94(82,83)88-62-70(77)63-89-95(84,85)91-67-72(65-87-74(79)59-53-47-43-37-39-45-51-57-69(5)6)93-75(80)60-54-48-41-35-30-20-18-16-14-12-10-8-2/h68-72,77H,7-67H2,1-6H3,(H,82,83)(H,84,85)/t70-,71-,72-/m1/s1. The van der Waals surface area contributed by atoms with E-state index in [1.807, 2.05) is 0 Å². The Balaban J connectivity index is 5.24. The van der Waals surface area contributed by atoms with E-state index in [4.69, 9.17) is 37.0 Å². The average molecular weight is 1400 g/mol. The Morgan fingerprint density at radius 1 is 0.284 bits per heavy atom. The highest BCUT2D eigenvalue weighted by Crippen LogP contribution is 2.45. The topological polar surface area (TPSA) is 237 Å². The van der Waals surface area contributed by atoms with Crippen molar-refractivity contribution < 1.29 is 80.2 Å². The maximum atomic E-state index is 13.1. The summed E-state index contributed by atoms with van der Waals surface area (Å²) >= 11 is 0. The first-order valence-electron chi connectivity index (χ1n) is 39.5. The van der Waals surface area contributed by atoms with Gasteiger partial charge >= 0.3 is 39.5 Å². The van der Waals surface area contributed by atoms with Gasteiger partial charge in [-0.15, -0.1) is 0 Å². The lowest BCUT2D eigenvalue weighted by molar-refractivity contribution is -0.161. The molecule has 19 heteroatoms. The summed E-state index contributed by atoms with van der Waals surface area (Å²) in [6.07, 6.45) is 55.5. The fraction of sp³-hybridized carbons (Fsp3) is 0.947. The molecule has 0 aromatic rings. The number of phosphoric acid groups is 2. The normalized spacial score (nSPS) is 14.0. The Bertz CT molecular complexity index is 1840. The maximum Gasteiger partial charge on any atom is 0.472 e. The molecule has 0 rings (SSSR count). The summed E-state index contributed by atoms with van der Waals surface area (Å²) in [5.74, 6) is -0.606. The van der Waals surface area contributed by atoms with Crippen LogP contribution in [-0.4, -0.2) is 96.7 Å². The molecule has 564 valence electrons. The van der Waals surface area contributed by atoms with Crippen molar-refractivity contribution in [3.05, 3.63) is 0 Å². The van der Waals surface area contributed by atoms with Gasteiger partial charge in [0.1, 0.15) is 19.3 Å². The second-order valence-corrected chi connectivity index (χ2v) is 31.3. The Hall–Kier alpha value is -1.94. The molecule has 0 amide bonds. The number of esters is 4. The third-order valence-corrected chi connectivity index (χ3v) is 19.6. The van der Waals surface area contributed by atoms with Gasteiger partial charge in [-0.2, -0.15) is 0 Å². The zero-order valence-electron chi connectivity index (χ0n) is 62.0. The fourth-order valence-electron chi connectivity index (χ4n) is 11.7. The number of ether oxygens (including phenoxy) is 4. The highest BCUT2D eigenvalue weighted by Gasteiger charge is 2.30. The summed E-state index contributed by atoms with van der Waals surface area (Å²) in [4.78, 5) is 72.8. The van der Waals surface area contributed by atoms with E-state index in [0.717, 1.165) is 102 Å². The maximum absolute atomic E-state index is 13.1. The van der Waals surface area contributed by atoms with Crippen LogP contribution < -0.4 is 0 Å². The molecule has 0 radical (unpaired) electrons.